The van der Waals surface area contributed by atoms with Gasteiger partial charge in [0.2, 0.25) is 0 Å². The second-order valence-corrected chi connectivity index (χ2v) is 11.4. The Kier molecular flexibility index (Phi) is 8.09. The molecule has 1 aliphatic rings. The van der Waals surface area contributed by atoms with E-state index in [0.717, 1.165) is 77.6 Å². The first kappa shape index (κ1) is 27.7. The molecule has 0 radical (unpaired) electrons. The third-order valence-electron chi connectivity index (χ3n) is 7.18. The SMILES string of the molecule is Cc1ccc(-n2nc(C(C)(C)C)cc2NC(=O)Nc2cc(C)c(OCCN3CCOCC3)c3ccccc23)cc1. The van der Waals surface area contributed by atoms with Crippen molar-refractivity contribution in [2.75, 3.05) is 50.1 Å². The molecular formula is C32H39N5O3. The van der Waals surface area contributed by atoms with Crippen LogP contribution in [0.4, 0.5) is 16.3 Å². The lowest BCUT2D eigenvalue weighted by Gasteiger charge is -2.26. The van der Waals surface area contributed by atoms with Crippen LogP contribution < -0.4 is 15.4 Å². The van der Waals surface area contributed by atoms with Gasteiger partial charge in [0, 0.05) is 41.9 Å². The number of nitrogens with zero attached hydrogens (tertiary/aromatic N) is 3. The van der Waals surface area contributed by atoms with E-state index < -0.39 is 0 Å². The second kappa shape index (κ2) is 11.7. The van der Waals surface area contributed by atoms with E-state index in [2.05, 4.69) is 36.3 Å². The van der Waals surface area contributed by atoms with Gasteiger partial charge in [-0.05, 0) is 37.6 Å². The van der Waals surface area contributed by atoms with E-state index in [1.54, 1.807) is 4.68 Å². The Morgan fingerprint density at radius 1 is 0.975 bits per heavy atom. The fourth-order valence-corrected chi connectivity index (χ4v) is 4.87. The smallest absolute Gasteiger partial charge is 0.324 e. The molecule has 0 spiro atoms. The number of aromatic nitrogens is 2. The van der Waals surface area contributed by atoms with E-state index in [4.69, 9.17) is 14.6 Å². The number of benzene rings is 3. The molecule has 2 amide bonds. The standard InChI is InChI=1S/C32H39N5O3/c1-22-10-12-24(13-11-22)37-29(21-28(35-37)32(3,4)5)34-31(38)33-27-20-23(2)30(26-9-7-6-8-25(26)27)40-19-16-36-14-17-39-18-15-36/h6-13,20-21H,14-19H2,1-5H3,(H2,33,34,38). The molecule has 2 heterocycles. The summed E-state index contributed by atoms with van der Waals surface area (Å²) in [4.78, 5) is 15.7. The quantitative estimate of drug-likeness (QED) is 0.287. The van der Waals surface area contributed by atoms with Crippen molar-refractivity contribution in [2.45, 2.75) is 40.0 Å². The highest BCUT2D eigenvalue weighted by molar-refractivity contribution is 6.08. The largest absolute Gasteiger partial charge is 0.491 e. The van der Waals surface area contributed by atoms with Crippen LogP contribution in [0.5, 0.6) is 5.75 Å². The van der Waals surface area contributed by atoms with Crippen LogP contribution in [0.15, 0.2) is 60.7 Å². The molecule has 40 heavy (non-hydrogen) atoms. The number of carbonyl (C=O) groups excluding carboxylic acids is 1. The van der Waals surface area contributed by atoms with Crippen LogP contribution in [-0.4, -0.2) is 60.2 Å². The summed E-state index contributed by atoms with van der Waals surface area (Å²) < 4.78 is 13.5. The number of rotatable bonds is 7. The van der Waals surface area contributed by atoms with Crippen molar-refractivity contribution in [1.29, 1.82) is 0 Å². The molecule has 2 N–H and O–H groups in total. The number of aryl methyl sites for hydroxylation is 2. The van der Waals surface area contributed by atoms with Crippen LogP contribution in [0.1, 0.15) is 37.6 Å². The van der Waals surface area contributed by atoms with Gasteiger partial charge >= 0.3 is 6.03 Å². The normalized spacial score (nSPS) is 14.3. The third-order valence-corrected chi connectivity index (χ3v) is 7.18. The lowest BCUT2D eigenvalue weighted by molar-refractivity contribution is 0.0323. The lowest BCUT2D eigenvalue weighted by atomic mass is 9.92. The number of nitrogens with one attached hydrogen (secondary N) is 2. The number of fused-ring (bicyclic) bond motifs is 1. The van der Waals surface area contributed by atoms with E-state index in [-0.39, 0.29) is 11.4 Å². The Labute approximate surface area is 236 Å². The summed E-state index contributed by atoms with van der Waals surface area (Å²) in [7, 11) is 0. The summed E-state index contributed by atoms with van der Waals surface area (Å²) in [5.41, 5.74) is 4.46. The Morgan fingerprint density at radius 2 is 1.68 bits per heavy atom. The molecule has 0 bridgehead atoms. The maximum absolute atomic E-state index is 13.4. The first-order valence-corrected chi connectivity index (χ1v) is 13.9. The molecule has 5 rings (SSSR count). The first-order valence-electron chi connectivity index (χ1n) is 13.9. The summed E-state index contributed by atoms with van der Waals surface area (Å²) >= 11 is 0. The fourth-order valence-electron chi connectivity index (χ4n) is 4.87. The molecule has 8 nitrogen and oxygen atoms in total. The van der Waals surface area contributed by atoms with Crippen molar-refractivity contribution in [1.82, 2.24) is 14.7 Å². The zero-order valence-electron chi connectivity index (χ0n) is 24.1. The minimum Gasteiger partial charge on any atom is -0.491 e. The van der Waals surface area contributed by atoms with Gasteiger partial charge in [0.05, 0.1) is 30.3 Å². The zero-order valence-corrected chi connectivity index (χ0v) is 24.1. The van der Waals surface area contributed by atoms with Gasteiger partial charge in [-0.25, -0.2) is 9.48 Å². The number of urea groups is 1. The van der Waals surface area contributed by atoms with Crippen molar-refractivity contribution in [3.63, 3.8) is 0 Å². The maximum atomic E-state index is 13.4. The minimum atomic E-state index is -0.334. The Bertz CT molecular complexity index is 1480. The highest BCUT2D eigenvalue weighted by Gasteiger charge is 2.22. The van der Waals surface area contributed by atoms with Crippen LogP contribution >= 0.6 is 0 Å². The second-order valence-electron chi connectivity index (χ2n) is 11.4. The van der Waals surface area contributed by atoms with Crippen LogP contribution in [0.25, 0.3) is 16.5 Å². The molecule has 0 unspecified atom stereocenters. The van der Waals surface area contributed by atoms with Crippen LogP contribution in [0.3, 0.4) is 0 Å². The fraction of sp³-hybridized carbons (Fsp3) is 0.375. The van der Waals surface area contributed by atoms with Gasteiger partial charge in [0.15, 0.2) is 0 Å². The van der Waals surface area contributed by atoms with Gasteiger partial charge in [0.25, 0.3) is 0 Å². The van der Waals surface area contributed by atoms with Crippen LogP contribution in [-0.2, 0) is 10.2 Å². The van der Waals surface area contributed by atoms with E-state index in [0.29, 0.717) is 12.4 Å². The van der Waals surface area contributed by atoms with Crippen LogP contribution in [0.2, 0.25) is 0 Å². The molecule has 1 aromatic heterocycles. The van der Waals surface area contributed by atoms with E-state index in [1.807, 2.05) is 74.5 Å². The Morgan fingerprint density at radius 3 is 2.38 bits per heavy atom. The minimum absolute atomic E-state index is 0.173. The van der Waals surface area contributed by atoms with Crippen molar-refractivity contribution in [3.8, 4) is 11.4 Å². The average Bonchev–Trinajstić information content (AvgIpc) is 3.35. The summed E-state index contributed by atoms with van der Waals surface area (Å²) in [6, 6.07) is 19.7. The summed E-state index contributed by atoms with van der Waals surface area (Å²) in [6.45, 7) is 15.2. The number of hydrogen-bond acceptors (Lipinski definition) is 5. The zero-order chi connectivity index (χ0) is 28.3. The molecule has 210 valence electrons. The van der Waals surface area contributed by atoms with Gasteiger partial charge < -0.3 is 14.8 Å². The highest BCUT2D eigenvalue weighted by Crippen LogP contribution is 2.35. The number of morpholine rings is 1. The van der Waals surface area contributed by atoms with Crippen molar-refractivity contribution >= 4 is 28.3 Å². The molecule has 3 aromatic carbocycles. The molecule has 0 aliphatic carbocycles. The van der Waals surface area contributed by atoms with Gasteiger partial charge in [-0.1, -0.05) is 62.7 Å². The number of hydrogen-bond donors (Lipinski definition) is 2. The van der Waals surface area contributed by atoms with E-state index in [9.17, 15) is 4.79 Å². The molecule has 0 atom stereocenters. The molecule has 0 saturated carbocycles. The van der Waals surface area contributed by atoms with Gasteiger partial charge in [-0.2, -0.15) is 5.10 Å². The summed E-state index contributed by atoms with van der Waals surface area (Å²) in [5, 5.41) is 12.8. The summed E-state index contributed by atoms with van der Waals surface area (Å²) in [6.07, 6.45) is 0. The number of anilines is 2. The molecule has 1 saturated heterocycles. The van der Waals surface area contributed by atoms with Gasteiger partial charge in [0.1, 0.15) is 18.2 Å². The molecule has 4 aromatic rings. The van der Waals surface area contributed by atoms with Crippen molar-refractivity contribution in [3.05, 3.63) is 77.5 Å². The first-order chi connectivity index (χ1) is 19.2. The number of amides is 2. The Balaban J connectivity index is 1.37. The monoisotopic (exact) mass is 541 g/mol. The molecule has 8 heteroatoms. The highest BCUT2D eigenvalue weighted by atomic mass is 16.5. The molecular weight excluding hydrogens is 502 g/mol. The lowest BCUT2D eigenvalue weighted by Crippen LogP contribution is -2.38. The Hall–Kier alpha value is -3.88. The van der Waals surface area contributed by atoms with E-state index in [1.165, 1.54) is 0 Å². The van der Waals surface area contributed by atoms with Crippen LogP contribution in [0, 0.1) is 13.8 Å². The average molecular weight is 542 g/mol. The maximum Gasteiger partial charge on any atom is 0.324 e. The van der Waals surface area contributed by atoms with Crippen molar-refractivity contribution in [2.24, 2.45) is 0 Å². The number of ether oxygens (including phenoxy) is 2. The van der Waals surface area contributed by atoms with Crippen molar-refractivity contribution < 1.29 is 14.3 Å². The predicted molar refractivity (Wildman–Crippen MR) is 161 cm³/mol. The predicted octanol–water partition coefficient (Wildman–Crippen LogP) is 6.29. The van der Waals surface area contributed by atoms with Gasteiger partial charge in [-0.3, -0.25) is 10.2 Å². The molecule has 1 aliphatic heterocycles. The van der Waals surface area contributed by atoms with Gasteiger partial charge in [-0.15, -0.1) is 0 Å². The summed E-state index contributed by atoms with van der Waals surface area (Å²) in [5.74, 6) is 1.46. The molecule has 1 fully saturated rings. The third kappa shape index (κ3) is 6.29. The topological polar surface area (TPSA) is 80.7 Å². The van der Waals surface area contributed by atoms with E-state index >= 15 is 0 Å². The number of carbonyl (C=O) groups is 1.